The van der Waals surface area contributed by atoms with Crippen molar-refractivity contribution in [2.75, 3.05) is 24.6 Å². The molecule has 2 aliphatic heterocycles. The second-order valence-electron chi connectivity index (χ2n) is 7.45. The lowest BCUT2D eigenvalue weighted by Gasteiger charge is -2.38. The molecule has 4 rings (SSSR count). The fourth-order valence-electron chi connectivity index (χ4n) is 4.05. The number of thioether (sulfide) groups is 1. The van der Waals surface area contributed by atoms with Gasteiger partial charge in [0.05, 0.1) is 5.75 Å². The van der Waals surface area contributed by atoms with E-state index in [1.807, 2.05) is 4.90 Å². The molecule has 1 aromatic heterocycles. The number of hydrogen-bond acceptors (Lipinski definition) is 5. The zero-order chi connectivity index (χ0) is 19.0. The van der Waals surface area contributed by atoms with Gasteiger partial charge in [0, 0.05) is 24.4 Å². The Balaban J connectivity index is 1.31. The summed E-state index contributed by atoms with van der Waals surface area (Å²) in [6, 6.07) is 2.97. The highest BCUT2D eigenvalue weighted by atomic mass is 79.9. The number of carbonyl (C=O) groups excluding carboxylic acids is 3. The van der Waals surface area contributed by atoms with E-state index in [9.17, 15) is 14.4 Å². The zero-order valence-electron chi connectivity index (χ0n) is 14.8. The van der Waals surface area contributed by atoms with Crippen molar-refractivity contribution < 1.29 is 18.8 Å². The standard InChI is InChI=1S/C18H22BrN3O4S/c19-14-2-1-13(26-14)16(24)21-18(5-6-18)11-3-7-22(8-4-11)17(25)12-9-27-10-15(23)20-12/h1-2,11-12H,3-10H2,(H,20,23)(H,21,24)/t12-/m0/s1. The molecule has 2 N–H and O–H groups in total. The Morgan fingerprint density at radius 2 is 2.04 bits per heavy atom. The summed E-state index contributed by atoms with van der Waals surface area (Å²) >= 11 is 4.72. The number of rotatable bonds is 4. The van der Waals surface area contributed by atoms with Crippen molar-refractivity contribution in [1.29, 1.82) is 0 Å². The maximum Gasteiger partial charge on any atom is 0.287 e. The Labute approximate surface area is 170 Å². The van der Waals surface area contributed by atoms with E-state index in [0.29, 0.717) is 40.9 Å². The van der Waals surface area contributed by atoms with Crippen molar-refractivity contribution >= 4 is 45.4 Å². The van der Waals surface area contributed by atoms with Crippen molar-refractivity contribution in [1.82, 2.24) is 15.5 Å². The number of furan rings is 1. The molecule has 3 fully saturated rings. The van der Waals surface area contributed by atoms with Crippen LogP contribution in [-0.4, -0.2) is 58.8 Å². The monoisotopic (exact) mass is 455 g/mol. The van der Waals surface area contributed by atoms with Gasteiger partial charge >= 0.3 is 0 Å². The second kappa shape index (κ2) is 7.50. The highest BCUT2D eigenvalue weighted by molar-refractivity contribution is 9.10. The Morgan fingerprint density at radius 3 is 2.63 bits per heavy atom. The quantitative estimate of drug-likeness (QED) is 0.721. The lowest BCUT2D eigenvalue weighted by atomic mass is 9.87. The van der Waals surface area contributed by atoms with Crippen LogP contribution >= 0.6 is 27.7 Å². The van der Waals surface area contributed by atoms with Crippen molar-refractivity contribution in [2.45, 2.75) is 37.3 Å². The summed E-state index contributed by atoms with van der Waals surface area (Å²) < 4.78 is 5.89. The molecule has 3 heterocycles. The lowest BCUT2D eigenvalue weighted by Crippen LogP contribution is -2.55. The predicted octanol–water partition coefficient (Wildman–Crippen LogP) is 1.77. The van der Waals surface area contributed by atoms with Crippen LogP contribution in [0, 0.1) is 5.92 Å². The molecular weight excluding hydrogens is 434 g/mol. The number of halogens is 1. The van der Waals surface area contributed by atoms with Gasteiger partial charge in [-0.05, 0) is 59.7 Å². The van der Waals surface area contributed by atoms with E-state index in [1.54, 1.807) is 12.1 Å². The summed E-state index contributed by atoms with van der Waals surface area (Å²) in [6.45, 7) is 1.34. The molecule has 0 radical (unpaired) electrons. The van der Waals surface area contributed by atoms with Crippen molar-refractivity contribution in [3.8, 4) is 0 Å². The average molecular weight is 456 g/mol. The van der Waals surface area contributed by atoms with Crippen molar-refractivity contribution in [3.05, 3.63) is 22.6 Å². The molecule has 1 atom stereocenters. The molecule has 7 nitrogen and oxygen atoms in total. The maximum atomic E-state index is 12.6. The highest BCUT2D eigenvalue weighted by Gasteiger charge is 2.51. The van der Waals surface area contributed by atoms with E-state index >= 15 is 0 Å². The fourth-order valence-corrected chi connectivity index (χ4v) is 5.20. The summed E-state index contributed by atoms with van der Waals surface area (Å²) in [4.78, 5) is 38.5. The van der Waals surface area contributed by atoms with Gasteiger partial charge in [0.2, 0.25) is 11.8 Å². The number of carbonyl (C=O) groups is 3. The van der Waals surface area contributed by atoms with Gasteiger partial charge in [-0.2, -0.15) is 0 Å². The third-order valence-corrected chi connectivity index (χ3v) is 7.15. The fraction of sp³-hybridized carbons (Fsp3) is 0.611. The SMILES string of the molecule is O=C1CSC[C@@H](C(=O)N2CCC(C3(NC(=O)c4ccc(Br)o4)CC3)CC2)N1. The summed E-state index contributed by atoms with van der Waals surface area (Å²) in [5.74, 6) is 1.51. The highest BCUT2D eigenvalue weighted by Crippen LogP contribution is 2.47. The molecule has 2 saturated heterocycles. The van der Waals surface area contributed by atoms with Gasteiger partial charge < -0.3 is 20.0 Å². The van der Waals surface area contributed by atoms with Crippen LogP contribution < -0.4 is 10.6 Å². The van der Waals surface area contributed by atoms with E-state index in [-0.39, 0.29) is 23.3 Å². The van der Waals surface area contributed by atoms with Crippen LogP contribution in [-0.2, 0) is 9.59 Å². The number of amides is 3. The van der Waals surface area contributed by atoms with Gasteiger partial charge in [0.1, 0.15) is 6.04 Å². The third kappa shape index (κ3) is 4.03. The van der Waals surface area contributed by atoms with Crippen LogP contribution in [0.3, 0.4) is 0 Å². The van der Waals surface area contributed by atoms with E-state index < -0.39 is 6.04 Å². The molecule has 3 amide bonds. The molecule has 9 heteroatoms. The number of nitrogens with one attached hydrogen (secondary N) is 2. The van der Waals surface area contributed by atoms with Gasteiger partial charge in [-0.3, -0.25) is 14.4 Å². The van der Waals surface area contributed by atoms with Crippen LogP contribution in [0.4, 0.5) is 0 Å². The Hall–Kier alpha value is -1.48. The van der Waals surface area contributed by atoms with Gasteiger partial charge in [0.15, 0.2) is 10.4 Å². The third-order valence-electron chi connectivity index (χ3n) is 5.69. The van der Waals surface area contributed by atoms with Crippen LogP contribution in [0.25, 0.3) is 0 Å². The van der Waals surface area contributed by atoms with Crippen LogP contribution in [0.2, 0.25) is 0 Å². The van der Waals surface area contributed by atoms with Crippen LogP contribution in [0.15, 0.2) is 21.2 Å². The molecule has 3 aliphatic rings. The van der Waals surface area contributed by atoms with Crippen LogP contribution in [0.5, 0.6) is 0 Å². The first-order valence-electron chi connectivity index (χ1n) is 9.21. The number of hydrogen-bond donors (Lipinski definition) is 2. The number of likely N-dealkylation sites (tertiary alicyclic amines) is 1. The first kappa shape index (κ1) is 18.9. The molecule has 1 aliphatic carbocycles. The van der Waals surface area contributed by atoms with E-state index in [4.69, 9.17) is 4.42 Å². The second-order valence-corrected chi connectivity index (χ2v) is 9.26. The van der Waals surface area contributed by atoms with Gasteiger partial charge in [0.25, 0.3) is 5.91 Å². The predicted molar refractivity (Wildman–Crippen MR) is 104 cm³/mol. The number of nitrogens with zero attached hydrogens (tertiary/aromatic N) is 1. The van der Waals surface area contributed by atoms with E-state index in [0.717, 1.165) is 25.7 Å². The lowest BCUT2D eigenvalue weighted by molar-refractivity contribution is -0.137. The molecule has 0 spiro atoms. The molecule has 1 saturated carbocycles. The Kier molecular flexibility index (Phi) is 5.24. The smallest absolute Gasteiger partial charge is 0.287 e. The first-order valence-corrected chi connectivity index (χ1v) is 11.2. The maximum absolute atomic E-state index is 12.6. The van der Waals surface area contributed by atoms with Gasteiger partial charge in [-0.1, -0.05) is 0 Å². The zero-order valence-corrected chi connectivity index (χ0v) is 17.2. The van der Waals surface area contributed by atoms with Gasteiger partial charge in [-0.15, -0.1) is 11.8 Å². The average Bonchev–Trinajstić information content (AvgIpc) is 3.32. The van der Waals surface area contributed by atoms with Crippen LogP contribution in [0.1, 0.15) is 36.2 Å². The topological polar surface area (TPSA) is 91.7 Å². The molecular formula is C18H22BrN3O4S. The number of piperidine rings is 1. The minimum Gasteiger partial charge on any atom is -0.444 e. The normalized spacial score (nSPS) is 25.0. The summed E-state index contributed by atoms with van der Waals surface area (Å²) in [5, 5.41) is 5.95. The molecule has 146 valence electrons. The molecule has 27 heavy (non-hydrogen) atoms. The molecule has 0 bridgehead atoms. The first-order chi connectivity index (χ1) is 13.0. The molecule has 1 aromatic rings. The summed E-state index contributed by atoms with van der Waals surface area (Å²) in [5.41, 5.74) is -0.166. The summed E-state index contributed by atoms with van der Waals surface area (Å²) in [7, 11) is 0. The summed E-state index contributed by atoms with van der Waals surface area (Å²) in [6.07, 6.45) is 3.66. The van der Waals surface area contributed by atoms with Crippen molar-refractivity contribution in [2.24, 2.45) is 5.92 Å². The van der Waals surface area contributed by atoms with Gasteiger partial charge in [-0.25, -0.2) is 0 Å². The van der Waals surface area contributed by atoms with E-state index in [1.165, 1.54) is 11.8 Å². The Bertz CT molecular complexity index is 756. The van der Waals surface area contributed by atoms with E-state index in [2.05, 4.69) is 26.6 Å². The Morgan fingerprint density at radius 1 is 1.30 bits per heavy atom. The van der Waals surface area contributed by atoms with Crippen molar-refractivity contribution in [3.63, 3.8) is 0 Å². The largest absolute Gasteiger partial charge is 0.444 e. The minimum atomic E-state index is -0.403. The molecule has 0 unspecified atom stereocenters. The minimum absolute atomic E-state index is 0.0170. The molecule has 0 aromatic carbocycles.